The molecular formula is C42H90N2O9S7. The first-order valence-corrected chi connectivity index (χ1v) is 28.5. The van der Waals surface area contributed by atoms with E-state index in [-0.39, 0.29) is 36.9 Å². The molecule has 0 rings (SSSR count). The van der Waals surface area contributed by atoms with Gasteiger partial charge in [-0.3, -0.25) is 19.2 Å². The highest BCUT2D eigenvalue weighted by Gasteiger charge is 2.18. The number of hydrogen-bond acceptors (Lipinski definition) is 14. The van der Waals surface area contributed by atoms with Crippen molar-refractivity contribution in [3.8, 4) is 0 Å². The molecule has 5 N–H and O–H groups in total. The van der Waals surface area contributed by atoms with Crippen molar-refractivity contribution in [2.45, 2.75) is 182 Å². The molecule has 364 valence electrons. The van der Waals surface area contributed by atoms with Crippen LogP contribution in [0, 0.1) is 5.92 Å². The molecule has 0 aliphatic rings. The quantitative estimate of drug-likeness (QED) is 0.0712. The van der Waals surface area contributed by atoms with E-state index in [1.807, 2.05) is 37.4 Å². The number of carboxylic acids is 2. The largest absolute Gasteiger partial charge is 0.481 e. The lowest BCUT2D eigenvalue weighted by molar-refractivity contribution is -0.141. The summed E-state index contributed by atoms with van der Waals surface area (Å²) >= 11 is 10.4. The molecule has 0 aromatic rings. The minimum absolute atomic E-state index is 0. The van der Waals surface area contributed by atoms with E-state index in [1.54, 1.807) is 56.1 Å². The molecule has 60 heavy (non-hydrogen) atoms. The van der Waals surface area contributed by atoms with Gasteiger partial charge >= 0.3 is 11.9 Å². The highest BCUT2D eigenvalue weighted by Crippen LogP contribution is 2.14. The summed E-state index contributed by atoms with van der Waals surface area (Å²) in [6.07, 6.45) is 3.38. The Kier molecular flexibility index (Phi) is 59.6. The van der Waals surface area contributed by atoms with Crippen LogP contribution in [0.2, 0.25) is 0 Å². The van der Waals surface area contributed by atoms with Crippen LogP contribution in [0.1, 0.15) is 138 Å². The molecule has 0 bridgehead atoms. The van der Waals surface area contributed by atoms with E-state index in [9.17, 15) is 32.4 Å². The maximum atomic E-state index is 10.7. The van der Waals surface area contributed by atoms with Crippen LogP contribution in [0.25, 0.3) is 0 Å². The molecule has 0 spiro atoms. The van der Waals surface area contributed by atoms with E-state index in [2.05, 4.69) is 81.5 Å². The van der Waals surface area contributed by atoms with Gasteiger partial charge in [-0.2, -0.15) is 70.6 Å². The Bertz CT molecular complexity index is 1160. The maximum absolute atomic E-state index is 10.7. The van der Waals surface area contributed by atoms with Gasteiger partial charge in [0.05, 0.1) is 23.5 Å². The number of thioether (sulfide) groups is 6. The van der Waals surface area contributed by atoms with E-state index in [1.165, 1.54) is 37.1 Å². The number of aliphatic carboxylic acids is 2. The minimum Gasteiger partial charge on any atom is -0.481 e. The number of rotatable bonds is 24. The topological polar surface area (TPSA) is 198 Å². The number of nitrogens with one attached hydrogen (secondary N) is 1. The van der Waals surface area contributed by atoms with Crippen molar-refractivity contribution in [2.75, 3.05) is 46.5 Å². The van der Waals surface area contributed by atoms with Crippen LogP contribution in [-0.2, 0) is 33.8 Å². The average Bonchev–Trinajstić information content (AvgIpc) is 3.07. The normalized spacial score (nSPS) is 12.1. The zero-order chi connectivity index (χ0) is 47.9. The molecule has 3 atom stereocenters. The third-order valence-electron chi connectivity index (χ3n) is 5.96. The van der Waals surface area contributed by atoms with Crippen LogP contribution in [0.5, 0.6) is 0 Å². The number of sulfone groups is 1. The summed E-state index contributed by atoms with van der Waals surface area (Å²) in [5.41, 5.74) is 5.54. The molecule has 1 amide bonds. The van der Waals surface area contributed by atoms with Crippen LogP contribution in [-0.4, -0.2) is 138 Å². The summed E-state index contributed by atoms with van der Waals surface area (Å²) in [4.78, 5) is 52.6. The lowest BCUT2D eigenvalue weighted by Gasteiger charge is -2.13. The molecular weight excluding hydrogens is 901 g/mol. The van der Waals surface area contributed by atoms with E-state index in [0.717, 1.165) is 23.2 Å². The number of amides is 1. The maximum Gasteiger partial charge on any atom is 0.327 e. The SMILES string of the molecule is C.CC(=O)C(N)CCSC(C)C.CC(=O)CSC(C)C.CC(=O)NC(CSC(C)C)C(=O)O.CC(C)SCC(C)C(=O)O.CC(C)SCCS(C)(=O)=O.CCCSC(C)C. The van der Waals surface area contributed by atoms with Crippen molar-refractivity contribution in [1.29, 1.82) is 0 Å². The van der Waals surface area contributed by atoms with Crippen molar-refractivity contribution in [1.82, 2.24) is 5.32 Å². The van der Waals surface area contributed by atoms with E-state index < -0.39 is 27.8 Å². The van der Waals surface area contributed by atoms with Gasteiger partial charge in [-0.25, -0.2) is 13.2 Å². The molecule has 0 saturated carbocycles. The third kappa shape index (κ3) is 81.6. The highest BCUT2D eigenvalue weighted by atomic mass is 32.2. The van der Waals surface area contributed by atoms with Crippen LogP contribution in [0.15, 0.2) is 0 Å². The first kappa shape index (κ1) is 74.1. The molecule has 11 nitrogen and oxygen atoms in total. The van der Waals surface area contributed by atoms with E-state index in [4.69, 9.17) is 15.9 Å². The Morgan fingerprint density at radius 3 is 1.25 bits per heavy atom. The van der Waals surface area contributed by atoms with Crippen molar-refractivity contribution < 1.29 is 42.6 Å². The second-order valence-electron chi connectivity index (χ2n) is 15.1. The molecule has 0 aliphatic heterocycles. The third-order valence-corrected chi connectivity index (χ3v) is 14.5. The van der Waals surface area contributed by atoms with Crippen molar-refractivity contribution in [3.05, 3.63) is 0 Å². The van der Waals surface area contributed by atoms with Gasteiger partial charge in [0.2, 0.25) is 5.91 Å². The zero-order valence-corrected chi connectivity index (χ0v) is 45.5. The van der Waals surface area contributed by atoms with E-state index in [0.29, 0.717) is 49.3 Å². The van der Waals surface area contributed by atoms with Crippen molar-refractivity contribution in [2.24, 2.45) is 11.7 Å². The fourth-order valence-electron chi connectivity index (χ4n) is 2.82. The minimum atomic E-state index is -2.74. The molecule has 3 unspecified atom stereocenters. The predicted octanol–water partition coefficient (Wildman–Crippen LogP) is 10.1. The number of carboxylic acid groups (broad SMARTS) is 2. The molecule has 0 radical (unpaired) electrons. The molecule has 0 fully saturated rings. The summed E-state index contributed by atoms with van der Waals surface area (Å²) < 4.78 is 21.2. The number of carbonyl (C=O) groups excluding carboxylic acids is 3. The molecule has 0 aromatic heterocycles. The molecule has 0 saturated heterocycles. The summed E-state index contributed by atoms with van der Waals surface area (Å²) in [6.45, 7) is 33.6. The van der Waals surface area contributed by atoms with Crippen LogP contribution in [0.4, 0.5) is 0 Å². The fraction of sp³-hybridized carbons (Fsp3) is 0.881. The summed E-state index contributed by atoms with van der Waals surface area (Å²) in [6, 6.07) is -1.02. The number of ketones is 2. The Hall–Kier alpha value is -0.240. The Balaban J connectivity index is -0.000000113. The van der Waals surface area contributed by atoms with Gasteiger partial charge < -0.3 is 21.3 Å². The van der Waals surface area contributed by atoms with Gasteiger partial charge in [0.15, 0.2) is 0 Å². The van der Waals surface area contributed by atoms with Gasteiger partial charge in [0.25, 0.3) is 0 Å². The standard InChI is InChI=1S/C8H15NO3S.C8H17NOS.C7H14O2S.C6H14O2S2.C6H12OS.C6H14S.CH4/c1-5(2)13-4-7(8(11)12)9-6(3)10;1-6(2)11-5-4-8(9)7(3)10;1-5(2)10-4-6(3)7(8)9;1-6(2)9-4-5-10(3,7)8;1-5(2)8-4-6(3)7;1-4-5-7-6(2)3;/h5,7H,4H2,1-3H3,(H,9,10)(H,11,12);6,8H,4-5,9H2,1-3H3;5-6H,4H2,1-3H3,(H,8,9);6H,4-5H2,1-3H3;5H,4H2,1-3H3;6H,4-5H2,1-3H3;1H4. The highest BCUT2D eigenvalue weighted by molar-refractivity contribution is 8.01. The smallest absolute Gasteiger partial charge is 0.327 e. The van der Waals surface area contributed by atoms with Crippen molar-refractivity contribution >= 4 is 110 Å². The van der Waals surface area contributed by atoms with Crippen molar-refractivity contribution in [3.63, 3.8) is 0 Å². The molecule has 18 heteroatoms. The second kappa shape index (κ2) is 48.2. The Morgan fingerprint density at radius 1 is 0.600 bits per heavy atom. The van der Waals surface area contributed by atoms with Crippen LogP contribution < -0.4 is 11.1 Å². The average molecular weight is 992 g/mol. The predicted molar refractivity (Wildman–Crippen MR) is 278 cm³/mol. The lowest BCUT2D eigenvalue weighted by atomic mass is 10.2. The zero-order valence-electron chi connectivity index (χ0n) is 39.7. The summed E-state index contributed by atoms with van der Waals surface area (Å²) in [5, 5.41) is 23.0. The van der Waals surface area contributed by atoms with Gasteiger partial charge in [0, 0.05) is 30.4 Å². The van der Waals surface area contributed by atoms with Gasteiger partial charge in [-0.1, -0.05) is 104 Å². The number of nitrogens with two attached hydrogens (primary N) is 1. The van der Waals surface area contributed by atoms with E-state index >= 15 is 0 Å². The molecule has 0 heterocycles. The number of carbonyl (C=O) groups is 5. The van der Waals surface area contributed by atoms with Crippen LogP contribution >= 0.6 is 70.6 Å². The molecule has 0 aliphatic carbocycles. The van der Waals surface area contributed by atoms with Gasteiger partial charge in [-0.05, 0) is 69.7 Å². The Morgan fingerprint density at radius 2 is 0.983 bits per heavy atom. The second-order valence-corrected chi connectivity index (χ2v) is 27.1. The van der Waals surface area contributed by atoms with Gasteiger partial charge in [-0.15, -0.1) is 0 Å². The summed E-state index contributed by atoms with van der Waals surface area (Å²) in [7, 11) is -2.74. The van der Waals surface area contributed by atoms with Gasteiger partial charge in [0.1, 0.15) is 27.4 Å². The van der Waals surface area contributed by atoms with Crippen LogP contribution in [0.3, 0.4) is 0 Å². The molecule has 0 aromatic carbocycles. The number of Topliss-reactive ketones (excluding diaryl/α,β-unsaturated/α-hetero) is 2. The number of hydrogen-bond donors (Lipinski definition) is 4. The first-order chi connectivity index (χ1) is 26.8. The Labute approximate surface area is 394 Å². The first-order valence-electron chi connectivity index (χ1n) is 20.2. The summed E-state index contributed by atoms with van der Waals surface area (Å²) in [5.74, 6) is 3.26. The lowest BCUT2D eigenvalue weighted by Crippen LogP contribution is -2.41. The monoisotopic (exact) mass is 990 g/mol. The fourth-order valence-corrected chi connectivity index (χ4v) is 8.65.